The fraction of sp³-hybridized carbons (Fsp3) is 0.227. The smallest absolute Gasteiger partial charge is 0.234 e. The Kier molecular flexibility index (Phi) is 6.07. The normalized spacial score (nSPS) is 12.8. The van der Waals surface area contributed by atoms with Gasteiger partial charge in [-0.25, -0.2) is 9.37 Å². The van der Waals surface area contributed by atoms with Gasteiger partial charge in [0, 0.05) is 16.9 Å². The van der Waals surface area contributed by atoms with E-state index in [0.29, 0.717) is 22.0 Å². The molecule has 0 spiro atoms. The third kappa shape index (κ3) is 4.20. The average Bonchev–Trinajstić information content (AvgIpc) is 3.28. The van der Waals surface area contributed by atoms with Crippen LogP contribution in [0, 0.1) is 17.1 Å². The number of aromatic nitrogens is 1. The standard InChI is InChI=1S/C22H17ClFN3O2S/c23-16-10-13(7-8-17(16)24)26-20(28)12-30-22-15(11-25)21(19-6-3-9-29-19)14-4-1-2-5-18(14)27-22/h3,6-10H,1-2,4-5,12H2,(H,26,28). The van der Waals surface area contributed by atoms with Crippen molar-refractivity contribution in [3.63, 3.8) is 0 Å². The summed E-state index contributed by atoms with van der Waals surface area (Å²) < 4.78 is 18.9. The SMILES string of the molecule is N#Cc1c(SCC(=O)Nc2ccc(F)c(Cl)c2)nc2c(c1-c1ccco1)CCCC2. The van der Waals surface area contributed by atoms with Crippen molar-refractivity contribution in [1.82, 2.24) is 4.98 Å². The minimum Gasteiger partial charge on any atom is -0.464 e. The topological polar surface area (TPSA) is 78.9 Å². The van der Waals surface area contributed by atoms with Gasteiger partial charge in [-0.3, -0.25) is 4.79 Å². The van der Waals surface area contributed by atoms with Gasteiger partial charge in [0.1, 0.15) is 22.7 Å². The van der Waals surface area contributed by atoms with Gasteiger partial charge in [-0.15, -0.1) is 0 Å². The van der Waals surface area contributed by atoms with Crippen LogP contribution >= 0.6 is 23.4 Å². The lowest BCUT2D eigenvalue weighted by molar-refractivity contribution is -0.113. The summed E-state index contributed by atoms with van der Waals surface area (Å²) in [6.45, 7) is 0. The van der Waals surface area contributed by atoms with Crippen LogP contribution in [0.25, 0.3) is 11.3 Å². The second-order valence-corrected chi connectivity index (χ2v) is 8.23. The van der Waals surface area contributed by atoms with E-state index in [9.17, 15) is 14.4 Å². The van der Waals surface area contributed by atoms with Crippen molar-refractivity contribution in [2.45, 2.75) is 30.7 Å². The lowest BCUT2D eigenvalue weighted by atomic mass is 9.89. The third-order valence-corrected chi connectivity index (χ3v) is 6.13. The highest BCUT2D eigenvalue weighted by atomic mass is 35.5. The first kappa shape index (κ1) is 20.5. The molecule has 1 amide bonds. The summed E-state index contributed by atoms with van der Waals surface area (Å²) in [7, 11) is 0. The molecule has 3 aromatic rings. The number of pyridine rings is 1. The summed E-state index contributed by atoms with van der Waals surface area (Å²) in [5.74, 6) is -0.163. The molecule has 2 aromatic heterocycles. The highest BCUT2D eigenvalue weighted by Crippen LogP contribution is 2.38. The molecule has 0 saturated heterocycles. The van der Waals surface area contributed by atoms with E-state index in [4.69, 9.17) is 21.0 Å². The van der Waals surface area contributed by atoms with E-state index in [1.807, 2.05) is 6.07 Å². The van der Waals surface area contributed by atoms with Gasteiger partial charge in [0.25, 0.3) is 0 Å². The van der Waals surface area contributed by atoms with Crippen LogP contribution in [0.15, 0.2) is 46.0 Å². The Bertz CT molecular complexity index is 1140. The van der Waals surface area contributed by atoms with Crippen molar-refractivity contribution < 1.29 is 13.6 Å². The second kappa shape index (κ2) is 8.90. The number of carbonyl (C=O) groups is 1. The molecule has 4 rings (SSSR count). The quantitative estimate of drug-likeness (QED) is 0.520. The van der Waals surface area contributed by atoms with E-state index >= 15 is 0 Å². The summed E-state index contributed by atoms with van der Waals surface area (Å²) in [6.07, 6.45) is 5.36. The van der Waals surface area contributed by atoms with Gasteiger partial charge in [-0.05, 0) is 61.6 Å². The van der Waals surface area contributed by atoms with Gasteiger partial charge < -0.3 is 9.73 Å². The maximum Gasteiger partial charge on any atom is 0.234 e. The molecule has 1 aromatic carbocycles. The molecule has 1 aliphatic carbocycles. The Balaban J connectivity index is 1.59. The van der Waals surface area contributed by atoms with Crippen LogP contribution in [0.5, 0.6) is 0 Å². The Hall–Kier alpha value is -2.82. The van der Waals surface area contributed by atoms with Crippen molar-refractivity contribution in [1.29, 1.82) is 5.26 Å². The molecule has 0 atom stereocenters. The fourth-order valence-electron chi connectivity index (χ4n) is 3.52. The summed E-state index contributed by atoms with van der Waals surface area (Å²) in [5, 5.41) is 13.0. The van der Waals surface area contributed by atoms with Crippen LogP contribution < -0.4 is 5.32 Å². The van der Waals surface area contributed by atoms with Crippen LogP contribution in [0.2, 0.25) is 5.02 Å². The number of fused-ring (bicyclic) bond motifs is 1. The van der Waals surface area contributed by atoms with E-state index < -0.39 is 5.82 Å². The van der Waals surface area contributed by atoms with Crippen molar-refractivity contribution in [3.05, 3.63) is 64.3 Å². The number of hydrogen-bond donors (Lipinski definition) is 1. The summed E-state index contributed by atoms with van der Waals surface area (Å²) in [6, 6.07) is 9.87. The minimum absolute atomic E-state index is 0.0487. The van der Waals surface area contributed by atoms with Crippen LogP contribution in [-0.2, 0) is 17.6 Å². The molecule has 8 heteroatoms. The first-order valence-corrected chi connectivity index (χ1v) is 10.8. The Morgan fingerprint density at radius 3 is 2.90 bits per heavy atom. The maximum atomic E-state index is 13.3. The summed E-state index contributed by atoms with van der Waals surface area (Å²) >= 11 is 6.95. The van der Waals surface area contributed by atoms with Crippen LogP contribution in [0.1, 0.15) is 29.7 Å². The Labute approximate surface area is 182 Å². The van der Waals surface area contributed by atoms with E-state index in [2.05, 4.69) is 11.4 Å². The number of nitrogens with one attached hydrogen (secondary N) is 1. The van der Waals surface area contributed by atoms with Crippen molar-refractivity contribution >= 4 is 35.0 Å². The average molecular weight is 442 g/mol. The largest absolute Gasteiger partial charge is 0.464 e. The predicted molar refractivity (Wildman–Crippen MR) is 114 cm³/mol. The number of amides is 1. The van der Waals surface area contributed by atoms with E-state index in [1.165, 1.54) is 30.0 Å². The number of aryl methyl sites for hydroxylation is 1. The molecule has 0 fully saturated rings. The molecule has 1 aliphatic rings. The first-order valence-electron chi connectivity index (χ1n) is 9.44. The highest BCUT2D eigenvalue weighted by Gasteiger charge is 2.25. The molecule has 0 bridgehead atoms. The van der Waals surface area contributed by atoms with Crippen LogP contribution in [0.3, 0.4) is 0 Å². The molecule has 30 heavy (non-hydrogen) atoms. The zero-order valence-corrected chi connectivity index (χ0v) is 17.4. The van der Waals surface area contributed by atoms with Gasteiger partial charge in [-0.1, -0.05) is 23.4 Å². The molecular weight excluding hydrogens is 425 g/mol. The number of nitriles is 1. The Morgan fingerprint density at radius 2 is 2.17 bits per heavy atom. The highest BCUT2D eigenvalue weighted by molar-refractivity contribution is 8.00. The molecule has 0 saturated carbocycles. The minimum atomic E-state index is -0.550. The van der Waals surface area contributed by atoms with Gasteiger partial charge in [0.05, 0.1) is 22.6 Å². The first-order chi connectivity index (χ1) is 14.6. The number of nitrogens with zero attached hydrogens (tertiary/aromatic N) is 2. The molecule has 1 N–H and O–H groups in total. The third-order valence-electron chi connectivity index (χ3n) is 4.86. The van der Waals surface area contributed by atoms with E-state index in [0.717, 1.165) is 42.5 Å². The molecule has 0 aliphatic heterocycles. The lowest BCUT2D eigenvalue weighted by Gasteiger charge is -2.20. The maximum absolute atomic E-state index is 13.3. The number of halogens is 2. The molecule has 0 unspecified atom stereocenters. The molecule has 5 nitrogen and oxygen atoms in total. The molecule has 152 valence electrons. The van der Waals surface area contributed by atoms with Crippen LogP contribution in [0.4, 0.5) is 10.1 Å². The van der Waals surface area contributed by atoms with E-state index in [1.54, 1.807) is 12.3 Å². The zero-order chi connectivity index (χ0) is 21.1. The predicted octanol–water partition coefficient (Wildman–Crippen LogP) is 5.62. The summed E-state index contributed by atoms with van der Waals surface area (Å²) in [5.41, 5.74) is 3.62. The van der Waals surface area contributed by atoms with Crippen molar-refractivity contribution in [2.75, 3.05) is 11.1 Å². The van der Waals surface area contributed by atoms with Crippen LogP contribution in [-0.4, -0.2) is 16.6 Å². The summed E-state index contributed by atoms with van der Waals surface area (Å²) in [4.78, 5) is 17.1. The van der Waals surface area contributed by atoms with Gasteiger partial charge in [0.2, 0.25) is 5.91 Å². The van der Waals surface area contributed by atoms with Crippen molar-refractivity contribution in [3.8, 4) is 17.4 Å². The lowest BCUT2D eigenvalue weighted by Crippen LogP contribution is -2.15. The van der Waals surface area contributed by atoms with Gasteiger partial charge in [-0.2, -0.15) is 5.26 Å². The number of hydrogen-bond acceptors (Lipinski definition) is 5. The van der Waals surface area contributed by atoms with E-state index in [-0.39, 0.29) is 16.7 Å². The number of benzene rings is 1. The Morgan fingerprint density at radius 1 is 1.33 bits per heavy atom. The zero-order valence-electron chi connectivity index (χ0n) is 15.9. The number of rotatable bonds is 5. The molecule has 2 heterocycles. The molecular formula is C22H17ClFN3O2S. The van der Waals surface area contributed by atoms with Crippen molar-refractivity contribution in [2.24, 2.45) is 0 Å². The number of thioether (sulfide) groups is 1. The fourth-order valence-corrected chi connectivity index (χ4v) is 4.51. The van der Waals surface area contributed by atoms with Gasteiger partial charge in [0.15, 0.2) is 0 Å². The molecule has 0 radical (unpaired) electrons. The second-order valence-electron chi connectivity index (χ2n) is 6.85. The monoisotopic (exact) mass is 441 g/mol. The number of carbonyl (C=O) groups excluding carboxylic acids is 1. The van der Waals surface area contributed by atoms with Gasteiger partial charge >= 0.3 is 0 Å². The number of furan rings is 1. The number of anilines is 1.